The Morgan fingerprint density at radius 3 is 3.00 bits per heavy atom. The van der Waals surface area contributed by atoms with Crippen molar-refractivity contribution in [2.75, 3.05) is 12.3 Å². The number of benzene rings is 1. The van der Waals surface area contributed by atoms with Crippen LogP contribution >= 0.6 is 0 Å². The number of nitrogens with zero attached hydrogens (tertiary/aromatic N) is 1. The minimum atomic E-state index is 0.728. The van der Waals surface area contributed by atoms with E-state index in [1.165, 1.54) is 0 Å². The average Bonchev–Trinajstić information content (AvgIpc) is 2.33. The maximum atomic E-state index is 5.88. The molecule has 0 aliphatic carbocycles. The van der Waals surface area contributed by atoms with E-state index in [9.17, 15) is 0 Å². The van der Waals surface area contributed by atoms with Gasteiger partial charge in [0, 0.05) is 17.3 Å². The minimum Gasteiger partial charge on any atom is -0.491 e. The summed E-state index contributed by atoms with van der Waals surface area (Å²) in [6, 6.07) is 7.60. The van der Waals surface area contributed by atoms with Gasteiger partial charge in [0.05, 0.1) is 6.61 Å². The summed E-state index contributed by atoms with van der Waals surface area (Å²) in [6.45, 7) is 2.87. The second-order valence-electron chi connectivity index (χ2n) is 3.75. The molecule has 0 spiro atoms. The SMILES string of the molecule is CCCCOc1ccc(N)c2cccnc12. The zero-order valence-electron chi connectivity index (χ0n) is 9.44. The zero-order chi connectivity index (χ0) is 11.4. The maximum absolute atomic E-state index is 5.88. The molecule has 0 aliphatic heterocycles. The van der Waals surface area contributed by atoms with Crippen molar-refractivity contribution in [3.8, 4) is 5.75 Å². The van der Waals surface area contributed by atoms with Crippen LogP contribution in [-0.4, -0.2) is 11.6 Å². The van der Waals surface area contributed by atoms with Gasteiger partial charge in [0.25, 0.3) is 0 Å². The van der Waals surface area contributed by atoms with Gasteiger partial charge in [-0.15, -0.1) is 0 Å². The molecule has 2 rings (SSSR count). The van der Waals surface area contributed by atoms with Crippen molar-refractivity contribution in [1.29, 1.82) is 0 Å². The van der Waals surface area contributed by atoms with Crippen LogP contribution in [0.3, 0.4) is 0 Å². The molecule has 0 aliphatic rings. The summed E-state index contributed by atoms with van der Waals surface area (Å²) >= 11 is 0. The van der Waals surface area contributed by atoms with Gasteiger partial charge in [0.1, 0.15) is 11.3 Å². The van der Waals surface area contributed by atoms with Gasteiger partial charge in [-0.1, -0.05) is 13.3 Å². The van der Waals surface area contributed by atoms with Gasteiger partial charge in [-0.2, -0.15) is 0 Å². The highest BCUT2D eigenvalue weighted by Gasteiger charge is 2.05. The Balaban J connectivity index is 2.35. The number of nitrogens with two attached hydrogens (primary N) is 1. The lowest BCUT2D eigenvalue weighted by Gasteiger charge is -2.09. The molecule has 84 valence electrons. The molecule has 2 N–H and O–H groups in total. The highest BCUT2D eigenvalue weighted by atomic mass is 16.5. The third-order valence-corrected chi connectivity index (χ3v) is 2.52. The smallest absolute Gasteiger partial charge is 0.145 e. The molecule has 0 saturated carbocycles. The lowest BCUT2D eigenvalue weighted by Crippen LogP contribution is -1.99. The molecule has 3 heteroatoms. The Hall–Kier alpha value is -1.77. The maximum Gasteiger partial charge on any atom is 0.145 e. The van der Waals surface area contributed by atoms with E-state index in [2.05, 4.69) is 11.9 Å². The number of ether oxygens (including phenoxy) is 1. The Morgan fingerprint density at radius 1 is 1.31 bits per heavy atom. The lowest BCUT2D eigenvalue weighted by atomic mass is 10.1. The third kappa shape index (κ3) is 2.08. The molecule has 0 fully saturated rings. The van der Waals surface area contributed by atoms with E-state index in [1.54, 1.807) is 6.20 Å². The highest BCUT2D eigenvalue weighted by Crippen LogP contribution is 2.28. The van der Waals surface area contributed by atoms with Crippen LogP contribution < -0.4 is 10.5 Å². The van der Waals surface area contributed by atoms with Crippen LogP contribution in [0.15, 0.2) is 30.5 Å². The van der Waals surface area contributed by atoms with Gasteiger partial charge in [0.2, 0.25) is 0 Å². The Labute approximate surface area is 95.2 Å². The summed E-state index contributed by atoms with van der Waals surface area (Å²) in [5, 5.41) is 0.955. The molecule has 0 amide bonds. The first-order chi connectivity index (χ1) is 7.83. The standard InChI is InChI=1S/C13H16N2O/c1-2-3-9-16-12-7-6-11(14)10-5-4-8-15-13(10)12/h4-8H,2-3,9,14H2,1H3. The van der Waals surface area contributed by atoms with E-state index >= 15 is 0 Å². The predicted molar refractivity (Wildman–Crippen MR) is 66.6 cm³/mol. The number of aromatic nitrogens is 1. The summed E-state index contributed by atoms with van der Waals surface area (Å²) in [4.78, 5) is 4.32. The quantitative estimate of drug-likeness (QED) is 0.631. The minimum absolute atomic E-state index is 0.728. The predicted octanol–water partition coefficient (Wildman–Crippen LogP) is 3.00. The van der Waals surface area contributed by atoms with Crippen molar-refractivity contribution in [3.05, 3.63) is 30.5 Å². The van der Waals surface area contributed by atoms with E-state index in [4.69, 9.17) is 10.5 Å². The topological polar surface area (TPSA) is 48.1 Å². The van der Waals surface area contributed by atoms with E-state index in [0.29, 0.717) is 0 Å². The fourth-order valence-electron chi connectivity index (χ4n) is 1.61. The van der Waals surface area contributed by atoms with Crippen LogP contribution in [0.5, 0.6) is 5.75 Å². The third-order valence-electron chi connectivity index (χ3n) is 2.52. The van der Waals surface area contributed by atoms with Gasteiger partial charge in [-0.25, -0.2) is 0 Å². The van der Waals surface area contributed by atoms with Crippen LogP contribution in [0, 0.1) is 0 Å². The van der Waals surface area contributed by atoms with E-state index in [0.717, 1.165) is 41.8 Å². The number of hydrogen-bond acceptors (Lipinski definition) is 3. The Kier molecular flexibility index (Phi) is 3.25. The highest BCUT2D eigenvalue weighted by molar-refractivity contribution is 5.94. The fraction of sp³-hybridized carbons (Fsp3) is 0.308. The molecule has 0 radical (unpaired) electrons. The number of pyridine rings is 1. The molecule has 0 bridgehead atoms. The van der Waals surface area contributed by atoms with Crippen LogP contribution in [0.4, 0.5) is 5.69 Å². The van der Waals surface area contributed by atoms with Crippen LogP contribution in [-0.2, 0) is 0 Å². The van der Waals surface area contributed by atoms with E-state index < -0.39 is 0 Å². The number of unbranched alkanes of at least 4 members (excludes halogenated alkanes) is 1. The fourth-order valence-corrected chi connectivity index (χ4v) is 1.61. The largest absolute Gasteiger partial charge is 0.491 e. The summed E-state index contributed by atoms with van der Waals surface area (Å²) < 4.78 is 5.70. The van der Waals surface area contributed by atoms with Crippen LogP contribution in [0.1, 0.15) is 19.8 Å². The van der Waals surface area contributed by atoms with E-state index in [-0.39, 0.29) is 0 Å². The zero-order valence-corrected chi connectivity index (χ0v) is 9.44. The molecular formula is C13H16N2O. The van der Waals surface area contributed by atoms with Gasteiger partial charge in [-0.3, -0.25) is 4.98 Å². The number of anilines is 1. The van der Waals surface area contributed by atoms with Crippen molar-refractivity contribution >= 4 is 16.6 Å². The molecule has 0 saturated heterocycles. The first kappa shape index (κ1) is 10.7. The molecule has 0 atom stereocenters. The summed E-state index contributed by atoms with van der Waals surface area (Å²) in [5.74, 6) is 0.818. The monoisotopic (exact) mass is 216 g/mol. The molecule has 2 aromatic rings. The first-order valence-electron chi connectivity index (χ1n) is 5.59. The van der Waals surface area contributed by atoms with Crippen molar-refractivity contribution in [1.82, 2.24) is 4.98 Å². The number of rotatable bonds is 4. The molecular weight excluding hydrogens is 200 g/mol. The normalized spacial score (nSPS) is 10.6. The summed E-state index contributed by atoms with van der Waals surface area (Å²) in [5.41, 5.74) is 7.47. The van der Waals surface area contributed by atoms with Crippen LogP contribution in [0.25, 0.3) is 10.9 Å². The van der Waals surface area contributed by atoms with Crippen molar-refractivity contribution in [2.24, 2.45) is 0 Å². The number of nitrogen functional groups attached to an aromatic ring is 1. The van der Waals surface area contributed by atoms with Gasteiger partial charge < -0.3 is 10.5 Å². The number of hydrogen-bond donors (Lipinski definition) is 1. The van der Waals surface area contributed by atoms with E-state index in [1.807, 2.05) is 24.3 Å². The molecule has 1 aromatic carbocycles. The van der Waals surface area contributed by atoms with Crippen molar-refractivity contribution in [2.45, 2.75) is 19.8 Å². The van der Waals surface area contributed by atoms with Gasteiger partial charge in [-0.05, 0) is 30.7 Å². The van der Waals surface area contributed by atoms with Gasteiger partial charge >= 0.3 is 0 Å². The first-order valence-corrected chi connectivity index (χ1v) is 5.59. The lowest BCUT2D eigenvalue weighted by molar-refractivity contribution is 0.312. The second kappa shape index (κ2) is 4.84. The molecule has 16 heavy (non-hydrogen) atoms. The summed E-state index contributed by atoms with van der Waals surface area (Å²) in [6.07, 6.45) is 3.94. The Morgan fingerprint density at radius 2 is 2.19 bits per heavy atom. The number of fused-ring (bicyclic) bond motifs is 1. The average molecular weight is 216 g/mol. The van der Waals surface area contributed by atoms with Gasteiger partial charge in [0.15, 0.2) is 0 Å². The van der Waals surface area contributed by atoms with Crippen LogP contribution in [0.2, 0.25) is 0 Å². The molecule has 0 unspecified atom stereocenters. The van der Waals surface area contributed by atoms with Crippen molar-refractivity contribution in [3.63, 3.8) is 0 Å². The molecule has 3 nitrogen and oxygen atoms in total. The summed E-state index contributed by atoms with van der Waals surface area (Å²) in [7, 11) is 0. The Bertz CT molecular complexity index is 482. The second-order valence-corrected chi connectivity index (χ2v) is 3.75. The van der Waals surface area contributed by atoms with Crippen molar-refractivity contribution < 1.29 is 4.74 Å². The molecule has 1 aromatic heterocycles. The molecule has 1 heterocycles.